The van der Waals surface area contributed by atoms with Gasteiger partial charge in [-0.3, -0.25) is 4.79 Å². The molecule has 0 aromatic heterocycles. The number of rotatable bonds is 9. The van der Waals surface area contributed by atoms with Crippen LogP contribution in [0.3, 0.4) is 0 Å². The Labute approximate surface area is 243 Å². The summed E-state index contributed by atoms with van der Waals surface area (Å²) in [4.78, 5) is 10.4. The minimum Gasteiger partial charge on any atom is -0.390 e. The van der Waals surface area contributed by atoms with E-state index in [1.54, 1.807) is 24.3 Å². The zero-order chi connectivity index (χ0) is 24.3. The first kappa shape index (κ1) is 35.9. The summed E-state index contributed by atoms with van der Waals surface area (Å²) in [5.41, 5.74) is 1.72. The van der Waals surface area contributed by atoms with Gasteiger partial charge in [0.2, 0.25) is 0 Å². The zero-order valence-electron chi connectivity index (χ0n) is 20.2. The van der Waals surface area contributed by atoms with Crippen molar-refractivity contribution in [2.75, 3.05) is 0 Å². The molecule has 0 aliphatic rings. The normalized spacial score (nSPS) is 14.1. The molecule has 0 fully saturated rings. The molecule has 0 saturated heterocycles. The molecule has 3 N–H and O–H groups in total. The first-order chi connectivity index (χ1) is 15.1. The molecule has 1 amide bonds. The van der Waals surface area contributed by atoms with Gasteiger partial charge in [0.15, 0.2) is 4.84 Å². The second kappa shape index (κ2) is 19.0. The maximum atomic E-state index is 11.5. The maximum Gasteiger partial charge on any atom is 0.253 e. The smallest absolute Gasteiger partial charge is 0.253 e. The number of carbonyl (C=O) groups excluding carboxylic acids is 1. The van der Waals surface area contributed by atoms with E-state index in [0.717, 1.165) is 12.0 Å². The van der Waals surface area contributed by atoms with Gasteiger partial charge >= 0.3 is 0 Å². The van der Waals surface area contributed by atoms with E-state index in [9.17, 15) is 15.0 Å². The number of aliphatic hydroxyl groups excluding tert-OH is 2. The summed E-state index contributed by atoms with van der Waals surface area (Å²) in [6.07, 6.45) is -0.137. The summed E-state index contributed by atoms with van der Waals surface area (Å²) in [5.74, 6) is 0.399. The molecule has 34 heavy (non-hydrogen) atoms. The number of amides is 1. The molecule has 0 aliphatic carbocycles. The topological polar surface area (TPSA) is 69.6 Å². The van der Waals surface area contributed by atoms with Crippen LogP contribution in [0.25, 0.3) is 0 Å². The van der Waals surface area contributed by atoms with Crippen LogP contribution in [-0.4, -0.2) is 27.0 Å². The van der Waals surface area contributed by atoms with E-state index in [1.807, 2.05) is 38.1 Å². The van der Waals surface area contributed by atoms with Crippen LogP contribution in [0.5, 0.6) is 0 Å². The third kappa shape index (κ3) is 12.2. The number of aliphatic hydroxyl groups is 2. The van der Waals surface area contributed by atoms with E-state index in [4.69, 9.17) is 23.2 Å². The van der Waals surface area contributed by atoms with Crippen molar-refractivity contribution >= 4 is 29.1 Å². The molecule has 0 spiro atoms. The third-order valence-electron chi connectivity index (χ3n) is 5.47. The standard InChI is InChI=1S/C13H16Cl2NO2.C13H19O.2W/c1-8(2)10(16-13(18)12(14)15)11(17)9-6-4-3-5-7-9;1-4-12(10(2)3)13(14)11-8-6-5-7-9-11;;/h4-8,10-12,17H,1-2H3,(H,16,18);6-10,12-14H,4H2,1-3H3;;/q2*-1;;. The van der Waals surface area contributed by atoms with E-state index in [0.29, 0.717) is 17.4 Å². The van der Waals surface area contributed by atoms with Crippen molar-refractivity contribution < 1.29 is 57.1 Å². The molecule has 190 valence electrons. The molecule has 0 saturated carbocycles. The molecule has 2 aromatic rings. The van der Waals surface area contributed by atoms with Gasteiger partial charge in [-0.1, -0.05) is 64.2 Å². The number of alkyl halides is 2. The van der Waals surface area contributed by atoms with Crippen LogP contribution in [-0.2, 0) is 46.9 Å². The Morgan fingerprint density at radius 3 is 1.59 bits per heavy atom. The molecule has 4 atom stereocenters. The predicted molar refractivity (Wildman–Crippen MR) is 131 cm³/mol. The van der Waals surface area contributed by atoms with Gasteiger partial charge < -0.3 is 15.5 Å². The monoisotopic (exact) mass is 847 g/mol. The molecule has 8 heteroatoms. The first-order valence-electron chi connectivity index (χ1n) is 11.0. The Kier molecular flexibility index (Phi) is 20.1. The van der Waals surface area contributed by atoms with Crippen LogP contribution in [0, 0.1) is 29.9 Å². The second-order valence-electron chi connectivity index (χ2n) is 8.45. The number of nitrogens with one attached hydrogen (secondary N) is 1. The van der Waals surface area contributed by atoms with Crippen molar-refractivity contribution in [3.05, 3.63) is 71.8 Å². The van der Waals surface area contributed by atoms with Crippen LogP contribution in [0.1, 0.15) is 64.4 Å². The van der Waals surface area contributed by atoms with Gasteiger partial charge in [-0.05, 0) is 17.8 Å². The maximum absolute atomic E-state index is 11.5. The van der Waals surface area contributed by atoms with Gasteiger partial charge in [0, 0.05) is 42.1 Å². The van der Waals surface area contributed by atoms with Gasteiger partial charge in [-0.15, -0.1) is 11.1 Å². The average molecular weight is 848 g/mol. The molecule has 2 aromatic carbocycles. The van der Waals surface area contributed by atoms with E-state index in [2.05, 4.69) is 38.2 Å². The van der Waals surface area contributed by atoms with Crippen molar-refractivity contribution in [3.8, 4) is 0 Å². The molecule has 4 nitrogen and oxygen atoms in total. The summed E-state index contributed by atoms with van der Waals surface area (Å²) in [5, 5.41) is 23.1. The van der Waals surface area contributed by atoms with Crippen LogP contribution >= 0.6 is 23.2 Å². The predicted octanol–water partition coefficient (Wildman–Crippen LogP) is 5.66. The van der Waals surface area contributed by atoms with Crippen LogP contribution in [0.15, 0.2) is 48.5 Å². The summed E-state index contributed by atoms with van der Waals surface area (Å²) in [6, 6.07) is 19.9. The molecule has 0 heterocycles. The molecule has 2 rings (SSSR count). The average Bonchev–Trinajstić information content (AvgIpc) is 2.78. The SMILES string of the molecule is CC(C)C(NC(=O)C(Cl)Cl)C(O)c1cc[c-]cc1.CCC(C(C)C)C(O)c1cc[c-]cc1.[W].[W]. The van der Waals surface area contributed by atoms with Crippen molar-refractivity contribution in [2.45, 2.75) is 64.1 Å². The van der Waals surface area contributed by atoms with E-state index >= 15 is 0 Å². The molecule has 0 radical (unpaired) electrons. The van der Waals surface area contributed by atoms with Gasteiger partial charge in [-0.2, -0.15) is 60.7 Å². The van der Waals surface area contributed by atoms with Crippen molar-refractivity contribution in [2.24, 2.45) is 17.8 Å². The summed E-state index contributed by atoms with van der Waals surface area (Å²) in [6.45, 7) is 10.3. The number of halogens is 2. The van der Waals surface area contributed by atoms with Crippen molar-refractivity contribution in [3.63, 3.8) is 0 Å². The summed E-state index contributed by atoms with van der Waals surface area (Å²) >= 11 is 11.0. The minimum absolute atomic E-state index is 0. The fourth-order valence-corrected chi connectivity index (χ4v) is 3.67. The first-order valence-corrected chi connectivity index (χ1v) is 11.8. The number of hydrogen-bond donors (Lipinski definition) is 3. The van der Waals surface area contributed by atoms with E-state index in [1.165, 1.54) is 0 Å². The molecule has 0 bridgehead atoms. The number of hydrogen-bond acceptors (Lipinski definition) is 3. The fourth-order valence-electron chi connectivity index (χ4n) is 3.55. The van der Waals surface area contributed by atoms with Crippen LogP contribution < -0.4 is 5.32 Å². The quantitative estimate of drug-likeness (QED) is 0.226. The molecular weight excluding hydrogens is 813 g/mol. The summed E-state index contributed by atoms with van der Waals surface area (Å²) in [7, 11) is 0. The summed E-state index contributed by atoms with van der Waals surface area (Å²) < 4.78 is 0. The van der Waals surface area contributed by atoms with Crippen LogP contribution in [0.4, 0.5) is 0 Å². The van der Waals surface area contributed by atoms with E-state index < -0.39 is 22.9 Å². The van der Waals surface area contributed by atoms with Gasteiger partial charge in [0.1, 0.15) is 0 Å². The Bertz CT molecular complexity index is 780. The van der Waals surface area contributed by atoms with Gasteiger partial charge in [-0.25, -0.2) is 0 Å². The number of carbonyl (C=O) groups is 1. The third-order valence-corrected chi connectivity index (χ3v) is 5.87. The zero-order valence-corrected chi connectivity index (χ0v) is 27.6. The molecule has 0 aliphatic heterocycles. The Morgan fingerprint density at radius 1 is 0.853 bits per heavy atom. The molecule has 4 unspecified atom stereocenters. The molecular formula is C26H35Cl2NO3W2-2. The number of benzene rings is 2. The van der Waals surface area contributed by atoms with Gasteiger partial charge in [0.05, 0.1) is 18.2 Å². The van der Waals surface area contributed by atoms with Crippen LogP contribution in [0.2, 0.25) is 0 Å². The Hall–Kier alpha value is -0.213. The largest absolute Gasteiger partial charge is 0.390 e. The Morgan fingerprint density at radius 2 is 1.26 bits per heavy atom. The Balaban J connectivity index is 0. The minimum atomic E-state index is -1.14. The second-order valence-corrected chi connectivity index (χ2v) is 9.55. The van der Waals surface area contributed by atoms with E-state index in [-0.39, 0.29) is 54.2 Å². The van der Waals surface area contributed by atoms with Gasteiger partial charge in [0.25, 0.3) is 5.91 Å². The fraction of sp³-hybridized carbons (Fsp3) is 0.500. The van der Waals surface area contributed by atoms with Crippen molar-refractivity contribution in [1.82, 2.24) is 5.32 Å². The van der Waals surface area contributed by atoms with Crippen molar-refractivity contribution in [1.29, 1.82) is 0 Å².